The molecule has 0 radical (unpaired) electrons. The van der Waals surface area contributed by atoms with Gasteiger partial charge in [0.1, 0.15) is 11.6 Å². The van der Waals surface area contributed by atoms with Crippen LogP contribution in [0.2, 0.25) is 5.28 Å². The molecule has 9 heteroatoms. The van der Waals surface area contributed by atoms with Gasteiger partial charge in [-0.05, 0) is 18.5 Å². The number of rotatable bonds is 1. The molecule has 0 amide bonds. The number of aliphatic hydroxyl groups excluding tert-OH is 1. The highest BCUT2D eigenvalue weighted by atomic mass is 35.5. The summed E-state index contributed by atoms with van der Waals surface area (Å²) in [4.78, 5) is 11.7. The Morgan fingerprint density at radius 3 is 2.89 bits per heavy atom. The number of alkyl halides is 1. The van der Waals surface area contributed by atoms with Crippen LogP contribution in [0.5, 0.6) is 0 Å². The lowest BCUT2D eigenvalue weighted by atomic mass is 10.2. The number of nitrogen functional groups attached to an aromatic ring is 1. The van der Waals surface area contributed by atoms with Crippen LogP contribution in [-0.4, -0.2) is 43.0 Å². The van der Waals surface area contributed by atoms with E-state index < -0.39 is 24.6 Å². The van der Waals surface area contributed by atoms with Gasteiger partial charge in [-0.15, -0.1) is 0 Å². The summed E-state index contributed by atoms with van der Waals surface area (Å²) in [6, 6.07) is 0. The number of aliphatic hydroxyl groups is 1. The van der Waals surface area contributed by atoms with Crippen molar-refractivity contribution in [3.8, 4) is 0 Å². The number of hydrogen-bond acceptors (Lipinski definition) is 6. The largest absolute Gasteiger partial charge is 0.387 e. The molecule has 0 aliphatic carbocycles. The van der Waals surface area contributed by atoms with Crippen molar-refractivity contribution in [3.05, 3.63) is 11.6 Å². The molecule has 3 rings (SSSR count). The molecule has 1 aliphatic rings. The monoisotopic (exact) mass is 287 g/mol. The van der Waals surface area contributed by atoms with E-state index in [0.29, 0.717) is 5.52 Å². The Bertz CT molecular complexity index is 636. The number of halogens is 2. The number of hydrogen-bond donors (Lipinski definition) is 2. The molecule has 102 valence electrons. The van der Waals surface area contributed by atoms with E-state index in [2.05, 4.69) is 15.0 Å². The van der Waals surface area contributed by atoms with E-state index in [-0.39, 0.29) is 16.7 Å². The van der Waals surface area contributed by atoms with Gasteiger partial charge in [0, 0.05) is 0 Å². The van der Waals surface area contributed by atoms with Crippen molar-refractivity contribution in [1.82, 2.24) is 19.5 Å². The molecule has 19 heavy (non-hydrogen) atoms. The Hall–Kier alpha value is -1.51. The Balaban J connectivity index is 2.11. The summed E-state index contributed by atoms with van der Waals surface area (Å²) in [5, 5.41) is 9.54. The smallest absolute Gasteiger partial charge is 0.226 e. The second-order valence-corrected chi connectivity index (χ2v) is 4.71. The van der Waals surface area contributed by atoms with Crippen LogP contribution in [-0.2, 0) is 4.74 Å². The van der Waals surface area contributed by atoms with Crippen molar-refractivity contribution in [2.24, 2.45) is 0 Å². The van der Waals surface area contributed by atoms with Crippen molar-refractivity contribution in [3.63, 3.8) is 0 Å². The van der Waals surface area contributed by atoms with E-state index in [4.69, 9.17) is 22.1 Å². The Kier molecular flexibility index (Phi) is 2.80. The van der Waals surface area contributed by atoms with Crippen molar-refractivity contribution in [2.45, 2.75) is 31.5 Å². The fourth-order valence-electron chi connectivity index (χ4n) is 2.12. The van der Waals surface area contributed by atoms with Crippen LogP contribution in [0, 0.1) is 0 Å². The average Bonchev–Trinajstić information content (AvgIpc) is 2.86. The maximum atomic E-state index is 14.0. The fourth-order valence-corrected chi connectivity index (χ4v) is 2.29. The molecule has 0 bridgehead atoms. The standard InChI is InChI=1S/C10H11ClFN5O2/c1-3-6(18)4(12)9(19-3)17-2-14-5-7(13)15-10(11)16-8(5)17/h2-4,6,9,18H,1H3,(H2,13,15,16)/t3-,4?,6?,9-/m1/s1. The zero-order valence-corrected chi connectivity index (χ0v) is 10.6. The first kappa shape index (κ1) is 12.5. The molecular formula is C10H11ClFN5O2. The van der Waals surface area contributed by atoms with Crippen molar-refractivity contribution < 1.29 is 14.2 Å². The van der Waals surface area contributed by atoms with Crippen LogP contribution < -0.4 is 5.73 Å². The zero-order valence-electron chi connectivity index (χ0n) is 9.86. The van der Waals surface area contributed by atoms with Gasteiger partial charge in [0.15, 0.2) is 23.9 Å². The molecule has 4 atom stereocenters. The molecule has 0 spiro atoms. The van der Waals surface area contributed by atoms with E-state index in [1.165, 1.54) is 10.9 Å². The molecular weight excluding hydrogens is 277 g/mol. The number of fused-ring (bicyclic) bond motifs is 1. The third kappa shape index (κ3) is 1.83. The van der Waals surface area contributed by atoms with Crippen molar-refractivity contribution in [2.75, 3.05) is 5.73 Å². The summed E-state index contributed by atoms with van der Waals surface area (Å²) in [6.07, 6.45) is -3.07. The molecule has 2 unspecified atom stereocenters. The first-order valence-corrected chi connectivity index (χ1v) is 6.00. The number of ether oxygens (including phenoxy) is 1. The van der Waals surface area contributed by atoms with Gasteiger partial charge in [0.05, 0.1) is 12.4 Å². The number of imidazole rings is 1. The summed E-state index contributed by atoms with van der Waals surface area (Å²) in [7, 11) is 0. The molecule has 3 heterocycles. The molecule has 0 aromatic carbocycles. The normalized spacial score (nSPS) is 31.2. The number of anilines is 1. The molecule has 2 aromatic heterocycles. The quantitative estimate of drug-likeness (QED) is 0.748. The lowest BCUT2D eigenvalue weighted by molar-refractivity contribution is -0.0137. The van der Waals surface area contributed by atoms with Crippen LogP contribution in [0.1, 0.15) is 13.2 Å². The average molecular weight is 288 g/mol. The van der Waals surface area contributed by atoms with Gasteiger partial charge >= 0.3 is 0 Å². The minimum Gasteiger partial charge on any atom is -0.387 e. The van der Waals surface area contributed by atoms with Gasteiger partial charge in [-0.1, -0.05) is 0 Å². The first-order valence-electron chi connectivity index (χ1n) is 5.62. The minimum atomic E-state index is -1.58. The Morgan fingerprint density at radius 2 is 2.26 bits per heavy atom. The second kappa shape index (κ2) is 4.26. The minimum absolute atomic E-state index is 0.0613. The molecule has 7 nitrogen and oxygen atoms in total. The molecule has 3 N–H and O–H groups in total. The second-order valence-electron chi connectivity index (χ2n) is 4.37. The number of nitrogens with zero attached hydrogens (tertiary/aromatic N) is 4. The third-order valence-electron chi connectivity index (χ3n) is 3.13. The molecule has 1 aliphatic heterocycles. The van der Waals surface area contributed by atoms with Crippen LogP contribution >= 0.6 is 11.6 Å². The van der Waals surface area contributed by atoms with Crippen molar-refractivity contribution in [1.29, 1.82) is 0 Å². The van der Waals surface area contributed by atoms with Gasteiger partial charge in [0.2, 0.25) is 5.28 Å². The number of aromatic nitrogens is 4. The van der Waals surface area contributed by atoms with Gasteiger partial charge in [-0.25, -0.2) is 9.37 Å². The van der Waals surface area contributed by atoms with E-state index in [0.717, 1.165) is 0 Å². The summed E-state index contributed by atoms with van der Waals surface area (Å²) >= 11 is 5.73. The predicted octanol–water partition coefficient (Wildman–Crippen LogP) is 0.678. The topological polar surface area (TPSA) is 99.1 Å². The maximum Gasteiger partial charge on any atom is 0.226 e. The Morgan fingerprint density at radius 1 is 1.53 bits per heavy atom. The SMILES string of the molecule is C[C@H]1O[C@@H](n2cnc3c(N)nc(Cl)nc32)C(F)C1O. The van der Waals surface area contributed by atoms with E-state index in [1.54, 1.807) is 6.92 Å². The summed E-state index contributed by atoms with van der Waals surface area (Å²) < 4.78 is 20.7. The van der Waals surface area contributed by atoms with Crippen LogP contribution in [0.25, 0.3) is 11.2 Å². The molecule has 1 saturated heterocycles. The van der Waals surface area contributed by atoms with Gasteiger partial charge < -0.3 is 15.6 Å². The summed E-state index contributed by atoms with van der Waals surface area (Å²) in [5.74, 6) is 0.107. The first-order chi connectivity index (χ1) is 8.99. The van der Waals surface area contributed by atoms with E-state index in [1.807, 2.05) is 0 Å². The van der Waals surface area contributed by atoms with Gasteiger partial charge in [0.25, 0.3) is 0 Å². The highest BCUT2D eigenvalue weighted by Gasteiger charge is 2.43. The Labute approximate surface area is 112 Å². The van der Waals surface area contributed by atoms with Crippen LogP contribution in [0.15, 0.2) is 6.33 Å². The molecule has 2 aromatic rings. The lowest BCUT2D eigenvalue weighted by Crippen LogP contribution is -2.26. The van der Waals surface area contributed by atoms with Crippen LogP contribution in [0.3, 0.4) is 0 Å². The predicted molar refractivity (Wildman–Crippen MR) is 65.2 cm³/mol. The number of nitrogens with two attached hydrogens (primary N) is 1. The van der Waals surface area contributed by atoms with E-state index >= 15 is 0 Å². The van der Waals surface area contributed by atoms with Gasteiger partial charge in [-0.2, -0.15) is 9.97 Å². The highest BCUT2D eigenvalue weighted by Crippen LogP contribution is 2.33. The zero-order chi connectivity index (χ0) is 13.7. The molecule has 0 saturated carbocycles. The van der Waals surface area contributed by atoms with Gasteiger partial charge in [-0.3, -0.25) is 4.57 Å². The lowest BCUT2D eigenvalue weighted by Gasteiger charge is -2.14. The van der Waals surface area contributed by atoms with Crippen LogP contribution in [0.4, 0.5) is 10.2 Å². The summed E-state index contributed by atoms with van der Waals surface area (Å²) in [6.45, 7) is 1.59. The third-order valence-corrected chi connectivity index (χ3v) is 3.30. The molecule has 1 fully saturated rings. The fraction of sp³-hybridized carbons (Fsp3) is 0.500. The van der Waals surface area contributed by atoms with E-state index in [9.17, 15) is 9.50 Å². The summed E-state index contributed by atoms with van der Waals surface area (Å²) in [5.41, 5.74) is 6.25. The van der Waals surface area contributed by atoms with Crippen molar-refractivity contribution >= 4 is 28.6 Å². The highest BCUT2D eigenvalue weighted by molar-refractivity contribution is 6.28. The maximum absolute atomic E-state index is 14.0.